The van der Waals surface area contributed by atoms with Crippen molar-refractivity contribution in [3.05, 3.63) is 33.4 Å². The number of hydrogen-bond donors (Lipinski definition) is 2. The second-order valence-electron chi connectivity index (χ2n) is 11.0. The van der Waals surface area contributed by atoms with Crippen LogP contribution < -0.4 is 11.4 Å². The molecule has 8 nitrogen and oxygen atoms in total. The third kappa shape index (κ3) is 8.02. The van der Waals surface area contributed by atoms with Gasteiger partial charge in [-0.1, -0.05) is 0 Å². The summed E-state index contributed by atoms with van der Waals surface area (Å²) in [6.45, 7) is 13.0. The van der Waals surface area contributed by atoms with E-state index in [1.165, 1.54) is 0 Å². The Kier molecular flexibility index (Phi) is 11.2. The third-order valence-corrected chi connectivity index (χ3v) is 7.80. The molecule has 0 aliphatic rings. The molecule has 2 rings (SSSR count). The summed E-state index contributed by atoms with van der Waals surface area (Å²) in [6.07, 6.45) is 8.45. The lowest BCUT2D eigenvalue weighted by atomic mass is 9.94. The van der Waals surface area contributed by atoms with Crippen LogP contribution in [0.2, 0.25) is 0 Å². The van der Waals surface area contributed by atoms with E-state index in [1.54, 1.807) is 30.7 Å². The Morgan fingerprint density at radius 2 is 1.00 bits per heavy atom. The zero-order valence-electron chi connectivity index (χ0n) is 23.2. The number of Topliss-reactive ketones (excluding diaryl/α,β-unsaturated/α-hetero) is 2. The highest BCUT2D eigenvalue weighted by Gasteiger charge is 2.27. The minimum atomic E-state index is -0.434. The normalized spacial score (nSPS) is 12.3. The van der Waals surface area contributed by atoms with Gasteiger partial charge in [0.1, 0.15) is 11.6 Å². The van der Waals surface area contributed by atoms with Crippen molar-refractivity contribution in [1.82, 2.24) is 18.3 Å². The van der Waals surface area contributed by atoms with Gasteiger partial charge in [-0.05, 0) is 73.6 Å². The summed E-state index contributed by atoms with van der Waals surface area (Å²) in [6, 6.07) is 0. The molecule has 0 aliphatic carbocycles. The highest BCUT2D eigenvalue weighted by atomic mass is 32.1. The lowest BCUT2D eigenvalue weighted by Crippen LogP contribution is -2.37. The number of imidazole rings is 2. The molecule has 0 fully saturated rings. The lowest BCUT2D eigenvalue weighted by molar-refractivity contribution is -0.120. The number of aromatic nitrogens is 4. The van der Waals surface area contributed by atoms with Gasteiger partial charge >= 0.3 is 11.4 Å². The minimum Gasteiger partial charge on any atom is -0.300 e. The van der Waals surface area contributed by atoms with E-state index in [1.807, 2.05) is 41.5 Å². The van der Waals surface area contributed by atoms with Gasteiger partial charge in [-0.25, -0.2) is 9.59 Å². The second kappa shape index (κ2) is 13.2. The van der Waals surface area contributed by atoms with Crippen molar-refractivity contribution >= 4 is 36.8 Å². The van der Waals surface area contributed by atoms with Gasteiger partial charge in [-0.3, -0.25) is 27.9 Å². The van der Waals surface area contributed by atoms with Crippen molar-refractivity contribution in [2.24, 2.45) is 0 Å². The molecule has 0 aromatic carbocycles. The number of thiol groups is 2. The average Bonchev–Trinajstić information content (AvgIpc) is 3.27. The van der Waals surface area contributed by atoms with E-state index in [0.29, 0.717) is 80.9 Å². The highest BCUT2D eigenvalue weighted by molar-refractivity contribution is 7.80. The first-order valence-electron chi connectivity index (χ1n) is 13.3. The van der Waals surface area contributed by atoms with Gasteiger partial charge in [-0.2, -0.15) is 0 Å². The molecular formula is C27H44N4O4S2. The van der Waals surface area contributed by atoms with E-state index >= 15 is 0 Å². The predicted molar refractivity (Wildman–Crippen MR) is 153 cm³/mol. The first-order chi connectivity index (χ1) is 17.2. The molecule has 37 heavy (non-hydrogen) atoms. The van der Waals surface area contributed by atoms with E-state index < -0.39 is 11.1 Å². The lowest BCUT2D eigenvalue weighted by Gasteiger charge is -2.27. The molecule has 2 heterocycles. The summed E-state index contributed by atoms with van der Waals surface area (Å²) in [5.41, 5.74) is -1.03. The quantitative estimate of drug-likeness (QED) is 0.285. The molecule has 0 saturated heterocycles. The molecule has 0 amide bonds. The van der Waals surface area contributed by atoms with E-state index in [2.05, 4.69) is 25.3 Å². The predicted octanol–water partition coefficient (Wildman–Crippen LogP) is 5.05. The molecule has 0 bridgehead atoms. The van der Waals surface area contributed by atoms with E-state index in [9.17, 15) is 19.2 Å². The van der Waals surface area contributed by atoms with Crippen LogP contribution in [-0.2, 0) is 33.8 Å². The standard InChI is InChI=1S/C27H44N4O4S2/c1-7-28-18-22(36)30(24(28)34)26(3,4)16-10-14-20(32)12-9-13-21(33)15-11-17-27(5,6)31-23(37)19-29(8-2)25(31)35/h18-19,36-37H,7-17H2,1-6H3. The molecule has 0 N–H and O–H groups in total. The molecule has 208 valence electrons. The Morgan fingerprint density at radius 1 is 0.676 bits per heavy atom. The van der Waals surface area contributed by atoms with Gasteiger partial charge in [0.05, 0.1) is 10.1 Å². The van der Waals surface area contributed by atoms with Gasteiger partial charge in [0, 0.05) is 62.2 Å². The number of nitrogens with zero attached hydrogens (tertiary/aromatic N) is 4. The number of rotatable bonds is 16. The number of carbonyl (C=O) groups excluding carboxylic acids is 2. The molecule has 0 saturated carbocycles. The average molecular weight is 553 g/mol. The molecule has 0 atom stereocenters. The SMILES string of the molecule is CCn1cc(S)n(C(C)(C)CCCC(=O)CCCC(=O)CCCC(C)(C)n2c(S)cn(CC)c2=O)c1=O. The number of carbonyl (C=O) groups is 2. The number of hydrogen-bond acceptors (Lipinski definition) is 6. The van der Waals surface area contributed by atoms with Gasteiger partial charge in [-0.15, -0.1) is 25.3 Å². The number of aryl methyl sites for hydroxylation is 2. The second-order valence-corrected chi connectivity index (χ2v) is 12.0. The Hall–Kier alpha value is -1.94. The zero-order valence-corrected chi connectivity index (χ0v) is 25.0. The minimum absolute atomic E-state index is 0.0804. The molecule has 10 heteroatoms. The fraction of sp³-hybridized carbons (Fsp3) is 0.704. The first-order valence-corrected chi connectivity index (χ1v) is 14.2. The molecule has 2 aromatic heterocycles. The topological polar surface area (TPSA) is 88.0 Å². The van der Waals surface area contributed by atoms with Gasteiger partial charge < -0.3 is 0 Å². The van der Waals surface area contributed by atoms with Crippen molar-refractivity contribution in [3.63, 3.8) is 0 Å². The maximum Gasteiger partial charge on any atom is 0.329 e. The van der Waals surface area contributed by atoms with Crippen LogP contribution in [0.25, 0.3) is 0 Å². The van der Waals surface area contributed by atoms with Crippen LogP contribution in [0.5, 0.6) is 0 Å². The van der Waals surface area contributed by atoms with Crippen LogP contribution in [0.4, 0.5) is 0 Å². The maximum absolute atomic E-state index is 12.6. The van der Waals surface area contributed by atoms with Gasteiger partial charge in [0.15, 0.2) is 0 Å². The molecule has 0 aliphatic heterocycles. The Bertz CT molecular complexity index is 1110. The van der Waals surface area contributed by atoms with Crippen LogP contribution in [0.15, 0.2) is 32.0 Å². The molecular weight excluding hydrogens is 508 g/mol. The molecule has 0 spiro atoms. The molecule has 0 unspecified atom stereocenters. The highest BCUT2D eigenvalue weighted by Crippen LogP contribution is 2.26. The monoisotopic (exact) mass is 552 g/mol. The van der Waals surface area contributed by atoms with Crippen LogP contribution in [0.3, 0.4) is 0 Å². The maximum atomic E-state index is 12.6. The van der Waals surface area contributed by atoms with Crippen molar-refractivity contribution in [2.75, 3.05) is 0 Å². The Morgan fingerprint density at radius 3 is 1.30 bits per heavy atom. The van der Waals surface area contributed by atoms with E-state index in [0.717, 1.165) is 0 Å². The van der Waals surface area contributed by atoms with Crippen LogP contribution >= 0.6 is 25.3 Å². The summed E-state index contributed by atoms with van der Waals surface area (Å²) in [7, 11) is 0. The Balaban J connectivity index is 1.72. The largest absolute Gasteiger partial charge is 0.329 e. The fourth-order valence-corrected chi connectivity index (χ4v) is 5.93. The van der Waals surface area contributed by atoms with Crippen molar-refractivity contribution in [2.45, 2.75) is 134 Å². The molecule has 2 aromatic rings. The summed E-state index contributed by atoms with van der Waals surface area (Å²) in [5, 5.41) is 1.25. The smallest absolute Gasteiger partial charge is 0.300 e. The van der Waals surface area contributed by atoms with Crippen LogP contribution in [-0.4, -0.2) is 29.8 Å². The van der Waals surface area contributed by atoms with Gasteiger partial charge in [0.2, 0.25) is 0 Å². The first kappa shape index (κ1) is 31.3. The third-order valence-electron chi connectivity index (χ3n) is 7.17. The van der Waals surface area contributed by atoms with Crippen molar-refractivity contribution < 1.29 is 9.59 Å². The summed E-state index contributed by atoms with van der Waals surface area (Å²) < 4.78 is 6.65. The van der Waals surface area contributed by atoms with Crippen molar-refractivity contribution in [3.8, 4) is 0 Å². The zero-order chi connectivity index (χ0) is 28.0. The van der Waals surface area contributed by atoms with Gasteiger partial charge in [0.25, 0.3) is 0 Å². The Labute approximate surface area is 231 Å². The molecule has 0 radical (unpaired) electrons. The number of ketones is 2. The van der Waals surface area contributed by atoms with Crippen LogP contribution in [0, 0.1) is 0 Å². The van der Waals surface area contributed by atoms with Crippen LogP contribution in [0.1, 0.15) is 99.3 Å². The fourth-order valence-electron chi connectivity index (χ4n) is 4.94. The summed E-state index contributed by atoms with van der Waals surface area (Å²) in [4.78, 5) is 49.9. The summed E-state index contributed by atoms with van der Waals surface area (Å²) >= 11 is 8.92. The van der Waals surface area contributed by atoms with E-state index in [4.69, 9.17) is 0 Å². The van der Waals surface area contributed by atoms with E-state index in [-0.39, 0.29) is 22.9 Å². The van der Waals surface area contributed by atoms with Crippen molar-refractivity contribution in [1.29, 1.82) is 0 Å². The summed E-state index contributed by atoms with van der Waals surface area (Å²) in [5.74, 6) is 0.297.